The number of nitrogens with zero attached hydrogens (tertiary/aromatic N) is 3. The minimum absolute atomic E-state index is 0.592. The van der Waals surface area contributed by atoms with E-state index in [0.29, 0.717) is 12.4 Å². The van der Waals surface area contributed by atoms with E-state index >= 15 is 0 Å². The van der Waals surface area contributed by atoms with E-state index in [9.17, 15) is 0 Å². The molecule has 0 aromatic carbocycles. The van der Waals surface area contributed by atoms with Crippen LogP contribution in [0.2, 0.25) is 0 Å². The molecular formula is C20H35N5O2. The first-order chi connectivity index (χ1) is 13.2. The quantitative estimate of drug-likeness (QED) is 0.311. The molecule has 1 aliphatic rings. The van der Waals surface area contributed by atoms with E-state index in [1.165, 1.54) is 12.8 Å². The zero-order chi connectivity index (χ0) is 19.3. The van der Waals surface area contributed by atoms with Crippen LogP contribution in [0.15, 0.2) is 23.3 Å². The highest BCUT2D eigenvalue weighted by Crippen LogP contribution is 2.29. The molecule has 0 unspecified atom stereocenters. The number of aromatic nitrogens is 1. The highest BCUT2D eigenvalue weighted by Gasteiger charge is 2.21. The summed E-state index contributed by atoms with van der Waals surface area (Å²) in [6, 6.07) is 3.97. The van der Waals surface area contributed by atoms with Crippen LogP contribution in [0.4, 0.5) is 0 Å². The van der Waals surface area contributed by atoms with Gasteiger partial charge >= 0.3 is 0 Å². The summed E-state index contributed by atoms with van der Waals surface area (Å²) in [6.45, 7) is 7.94. The molecule has 152 valence electrons. The van der Waals surface area contributed by atoms with Crippen LogP contribution in [0.1, 0.15) is 31.7 Å². The number of nitrogens with one attached hydrogen (secondary N) is 2. The smallest absolute Gasteiger partial charge is 0.213 e. The molecule has 0 atom stereocenters. The van der Waals surface area contributed by atoms with Crippen molar-refractivity contribution in [2.75, 3.05) is 53.6 Å². The first-order valence-electron chi connectivity index (χ1n) is 9.98. The number of guanidine groups is 1. The van der Waals surface area contributed by atoms with E-state index in [1.807, 2.05) is 18.3 Å². The lowest BCUT2D eigenvalue weighted by atomic mass is 10.3. The van der Waals surface area contributed by atoms with E-state index in [-0.39, 0.29) is 0 Å². The molecule has 27 heavy (non-hydrogen) atoms. The second kappa shape index (κ2) is 12.5. The van der Waals surface area contributed by atoms with E-state index in [4.69, 9.17) is 9.47 Å². The Labute approximate surface area is 163 Å². The lowest BCUT2D eigenvalue weighted by Gasteiger charge is -2.18. The molecule has 0 spiro atoms. The van der Waals surface area contributed by atoms with Crippen molar-refractivity contribution >= 4 is 5.96 Å². The van der Waals surface area contributed by atoms with Gasteiger partial charge in [0.1, 0.15) is 0 Å². The van der Waals surface area contributed by atoms with Crippen LogP contribution in [0.3, 0.4) is 0 Å². The van der Waals surface area contributed by atoms with Crippen molar-refractivity contribution in [1.82, 2.24) is 20.5 Å². The van der Waals surface area contributed by atoms with Gasteiger partial charge in [0.2, 0.25) is 5.88 Å². The fourth-order valence-corrected chi connectivity index (χ4v) is 2.55. The van der Waals surface area contributed by atoms with Gasteiger partial charge in [0.15, 0.2) is 5.96 Å². The zero-order valence-corrected chi connectivity index (χ0v) is 17.0. The summed E-state index contributed by atoms with van der Waals surface area (Å²) in [5.74, 6) is 2.27. The summed E-state index contributed by atoms with van der Waals surface area (Å²) in [6.07, 6.45) is 5.47. The van der Waals surface area contributed by atoms with E-state index in [0.717, 1.165) is 63.3 Å². The molecule has 7 heteroatoms. The standard InChI is InChI=1S/C20H35N5O2/c1-4-21-20(22-10-12-25(2)11-5-13-26-3)24-15-18-8-9-19(23-14-18)27-16-17-6-7-17/h8-9,14,17H,4-7,10-13,15-16H2,1-3H3,(H2,21,22,24). The maximum absolute atomic E-state index is 5.68. The lowest BCUT2D eigenvalue weighted by molar-refractivity contribution is 0.180. The number of aliphatic imine (C=N–C) groups is 1. The third-order valence-electron chi connectivity index (χ3n) is 4.40. The van der Waals surface area contributed by atoms with Gasteiger partial charge in [-0.3, -0.25) is 0 Å². The summed E-state index contributed by atoms with van der Waals surface area (Å²) >= 11 is 0. The van der Waals surface area contributed by atoms with Crippen LogP contribution in [0, 0.1) is 5.92 Å². The second-order valence-electron chi connectivity index (χ2n) is 7.03. The van der Waals surface area contributed by atoms with Gasteiger partial charge in [-0.15, -0.1) is 0 Å². The molecule has 1 aromatic rings. The average molecular weight is 378 g/mol. The third-order valence-corrected chi connectivity index (χ3v) is 4.40. The van der Waals surface area contributed by atoms with Crippen molar-refractivity contribution < 1.29 is 9.47 Å². The van der Waals surface area contributed by atoms with Gasteiger partial charge in [-0.25, -0.2) is 9.98 Å². The predicted octanol–water partition coefficient (Wildman–Crippen LogP) is 1.89. The number of hydrogen-bond acceptors (Lipinski definition) is 5. The third kappa shape index (κ3) is 9.58. The van der Waals surface area contributed by atoms with Crippen LogP contribution in [-0.2, 0) is 11.3 Å². The monoisotopic (exact) mass is 377 g/mol. The molecule has 1 aliphatic carbocycles. The topological polar surface area (TPSA) is 71.0 Å². The van der Waals surface area contributed by atoms with Gasteiger partial charge in [0, 0.05) is 52.2 Å². The van der Waals surface area contributed by atoms with Crippen molar-refractivity contribution in [3.05, 3.63) is 23.9 Å². The Bertz CT molecular complexity index is 546. The first-order valence-corrected chi connectivity index (χ1v) is 9.98. The van der Waals surface area contributed by atoms with Gasteiger partial charge in [-0.05, 0) is 44.7 Å². The number of likely N-dealkylation sites (N-methyl/N-ethyl adjacent to an activating group) is 1. The number of rotatable bonds is 13. The fraction of sp³-hybridized carbons (Fsp3) is 0.700. The van der Waals surface area contributed by atoms with Crippen molar-refractivity contribution in [1.29, 1.82) is 0 Å². The zero-order valence-electron chi connectivity index (χ0n) is 17.0. The lowest BCUT2D eigenvalue weighted by Crippen LogP contribution is -2.41. The fourth-order valence-electron chi connectivity index (χ4n) is 2.55. The Balaban J connectivity index is 1.71. The molecule has 2 rings (SSSR count). The Morgan fingerprint density at radius 3 is 2.81 bits per heavy atom. The number of methoxy groups -OCH3 is 1. The Kier molecular flexibility index (Phi) is 9.94. The van der Waals surface area contributed by atoms with Crippen LogP contribution >= 0.6 is 0 Å². The SMILES string of the molecule is CCNC(=NCc1ccc(OCC2CC2)nc1)NCCN(C)CCCOC. The molecule has 1 fully saturated rings. The van der Waals surface area contributed by atoms with E-state index in [1.54, 1.807) is 7.11 Å². The van der Waals surface area contributed by atoms with Gasteiger partial charge in [0.25, 0.3) is 0 Å². The Morgan fingerprint density at radius 2 is 2.15 bits per heavy atom. The molecule has 0 radical (unpaired) electrons. The van der Waals surface area contributed by atoms with Crippen molar-refractivity contribution in [3.63, 3.8) is 0 Å². The molecule has 7 nitrogen and oxygen atoms in total. The summed E-state index contributed by atoms with van der Waals surface area (Å²) in [7, 11) is 3.87. The number of ether oxygens (including phenoxy) is 2. The molecule has 0 amide bonds. The molecule has 1 saturated carbocycles. The van der Waals surface area contributed by atoms with E-state index in [2.05, 4.69) is 39.5 Å². The molecule has 0 aliphatic heterocycles. The first kappa shape index (κ1) is 21.4. The summed E-state index contributed by atoms with van der Waals surface area (Å²) in [5, 5.41) is 6.67. The second-order valence-corrected chi connectivity index (χ2v) is 7.03. The van der Waals surface area contributed by atoms with Crippen molar-refractivity contribution in [2.45, 2.75) is 32.7 Å². The molecule has 2 N–H and O–H groups in total. The molecular weight excluding hydrogens is 342 g/mol. The summed E-state index contributed by atoms with van der Waals surface area (Å²) in [4.78, 5) is 11.3. The number of pyridine rings is 1. The molecule has 1 aromatic heterocycles. The van der Waals surface area contributed by atoms with Crippen LogP contribution in [0.5, 0.6) is 5.88 Å². The molecule has 0 bridgehead atoms. The Hall–Kier alpha value is -1.86. The molecule has 1 heterocycles. The highest BCUT2D eigenvalue weighted by atomic mass is 16.5. The largest absolute Gasteiger partial charge is 0.477 e. The highest BCUT2D eigenvalue weighted by molar-refractivity contribution is 5.79. The Morgan fingerprint density at radius 1 is 1.30 bits per heavy atom. The minimum atomic E-state index is 0.592. The molecule has 0 saturated heterocycles. The maximum Gasteiger partial charge on any atom is 0.213 e. The van der Waals surface area contributed by atoms with Gasteiger partial charge in [-0.2, -0.15) is 0 Å². The van der Waals surface area contributed by atoms with Crippen molar-refractivity contribution in [2.24, 2.45) is 10.9 Å². The minimum Gasteiger partial charge on any atom is -0.477 e. The summed E-state index contributed by atoms with van der Waals surface area (Å²) < 4.78 is 10.8. The predicted molar refractivity (Wildman–Crippen MR) is 109 cm³/mol. The van der Waals surface area contributed by atoms with Crippen LogP contribution in [0.25, 0.3) is 0 Å². The van der Waals surface area contributed by atoms with Crippen LogP contribution < -0.4 is 15.4 Å². The maximum atomic E-state index is 5.68. The average Bonchev–Trinajstić information content (AvgIpc) is 3.50. The van der Waals surface area contributed by atoms with Crippen molar-refractivity contribution in [3.8, 4) is 5.88 Å². The van der Waals surface area contributed by atoms with Gasteiger partial charge in [-0.1, -0.05) is 6.07 Å². The van der Waals surface area contributed by atoms with Gasteiger partial charge < -0.3 is 25.0 Å². The summed E-state index contributed by atoms with van der Waals surface area (Å²) in [5.41, 5.74) is 1.07. The van der Waals surface area contributed by atoms with Crippen LogP contribution in [-0.4, -0.2) is 69.4 Å². The van der Waals surface area contributed by atoms with E-state index < -0.39 is 0 Å². The number of hydrogen-bond donors (Lipinski definition) is 2. The van der Waals surface area contributed by atoms with Gasteiger partial charge in [0.05, 0.1) is 13.2 Å². The normalized spacial score (nSPS) is 14.4.